The second-order valence-electron chi connectivity index (χ2n) is 6.35. The first-order valence-electron chi connectivity index (χ1n) is 8.48. The standard InChI is InChI=1S/C20H17N5O3/c1-10-13(3-2-4-15(10)25-28)17-14-9-16(22-18(14)24-20(21)23-17)11-5-7-12(8-6-11)19(26)27/h2-9,25,28H,1H3,(H,26,27)(H3,21,22,23,24). The van der Waals surface area contributed by atoms with Crippen molar-refractivity contribution in [2.45, 2.75) is 6.92 Å². The first-order valence-corrected chi connectivity index (χ1v) is 8.48. The van der Waals surface area contributed by atoms with E-state index in [1.54, 1.807) is 30.3 Å². The van der Waals surface area contributed by atoms with Gasteiger partial charge in [-0.25, -0.2) is 9.78 Å². The van der Waals surface area contributed by atoms with Gasteiger partial charge in [-0.15, -0.1) is 0 Å². The number of fused-ring (bicyclic) bond motifs is 1. The van der Waals surface area contributed by atoms with Crippen LogP contribution in [-0.4, -0.2) is 31.2 Å². The fraction of sp³-hybridized carbons (Fsp3) is 0.0500. The van der Waals surface area contributed by atoms with Crippen LogP contribution in [0.25, 0.3) is 33.5 Å². The van der Waals surface area contributed by atoms with Crippen LogP contribution in [-0.2, 0) is 0 Å². The molecular formula is C20H17N5O3. The van der Waals surface area contributed by atoms with E-state index < -0.39 is 5.97 Å². The summed E-state index contributed by atoms with van der Waals surface area (Å²) in [5, 5.41) is 19.1. The maximum absolute atomic E-state index is 11.0. The summed E-state index contributed by atoms with van der Waals surface area (Å²) >= 11 is 0. The quantitative estimate of drug-likeness (QED) is 0.343. The molecule has 6 N–H and O–H groups in total. The number of nitrogens with one attached hydrogen (secondary N) is 2. The number of rotatable bonds is 4. The van der Waals surface area contributed by atoms with Crippen molar-refractivity contribution in [2.75, 3.05) is 11.2 Å². The van der Waals surface area contributed by atoms with Crippen LogP contribution in [0, 0.1) is 6.92 Å². The highest BCUT2D eigenvalue weighted by Crippen LogP contribution is 2.34. The van der Waals surface area contributed by atoms with Crippen LogP contribution in [0.2, 0.25) is 0 Å². The van der Waals surface area contributed by atoms with Crippen LogP contribution < -0.4 is 11.2 Å². The molecule has 0 atom stereocenters. The molecular weight excluding hydrogens is 358 g/mol. The minimum atomic E-state index is -0.975. The third-order valence-electron chi connectivity index (χ3n) is 4.66. The lowest BCUT2D eigenvalue weighted by atomic mass is 10.0. The molecule has 0 saturated carbocycles. The van der Waals surface area contributed by atoms with Gasteiger partial charge in [-0.1, -0.05) is 24.3 Å². The zero-order valence-electron chi connectivity index (χ0n) is 14.9. The predicted molar refractivity (Wildman–Crippen MR) is 106 cm³/mol. The van der Waals surface area contributed by atoms with E-state index in [2.05, 4.69) is 20.4 Å². The van der Waals surface area contributed by atoms with E-state index in [1.807, 2.05) is 25.1 Å². The van der Waals surface area contributed by atoms with Crippen molar-refractivity contribution in [1.29, 1.82) is 0 Å². The molecule has 0 fully saturated rings. The van der Waals surface area contributed by atoms with Gasteiger partial charge in [0.2, 0.25) is 5.95 Å². The van der Waals surface area contributed by atoms with E-state index in [4.69, 9.17) is 10.8 Å². The van der Waals surface area contributed by atoms with E-state index in [1.165, 1.54) is 0 Å². The summed E-state index contributed by atoms with van der Waals surface area (Å²) in [5.41, 5.74) is 13.3. The number of H-pyrrole nitrogens is 1. The van der Waals surface area contributed by atoms with Gasteiger partial charge in [0.15, 0.2) is 0 Å². The Labute approximate surface area is 159 Å². The monoisotopic (exact) mass is 375 g/mol. The average Bonchev–Trinajstić information content (AvgIpc) is 3.11. The van der Waals surface area contributed by atoms with Gasteiger partial charge in [0.1, 0.15) is 5.65 Å². The molecule has 8 heteroatoms. The van der Waals surface area contributed by atoms with Crippen LogP contribution in [0.5, 0.6) is 0 Å². The molecule has 0 bridgehead atoms. The van der Waals surface area contributed by atoms with Gasteiger partial charge >= 0.3 is 5.97 Å². The summed E-state index contributed by atoms with van der Waals surface area (Å²) in [7, 11) is 0. The summed E-state index contributed by atoms with van der Waals surface area (Å²) in [6.45, 7) is 1.87. The summed E-state index contributed by atoms with van der Waals surface area (Å²) in [6, 6.07) is 13.9. The second-order valence-corrected chi connectivity index (χ2v) is 6.35. The molecule has 8 nitrogen and oxygen atoms in total. The van der Waals surface area contributed by atoms with Crippen LogP contribution in [0.3, 0.4) is 0 Å². The topological polar surface area (TPSA) is 137 Å². The first kappa shape index (κ1) is 17.5. The first-order chi connectivity index (χ1) is 13.5. The number of carboxylic acids is 1. The molecule has 2 heterocycles. The number of nitrogens with two attached hydrogens (primary N) is 1. The van der Waals surface area contributed by atoms with Crippen molar-refractivity contribution in [3.05, 3.63) is 59.7 Å². The Hall–Kier alpha value is -3.91. The van der Waals surface area contributed by atoms with Gasteiger partial charge in [-0.3, -0.25) is 10.7 Å². The number of hydrogen-bond acceptors (Lipinski definition) is 6. The lowest BCUT2D eigenvalue weighted by Crippen LogP contribution is -2.00. The van der Waals surface area contributed by atoms with Crippen molar-refractivity contribution in [1.82, 2.24) is 15.0 Å². The molecule has 4 aromatic rings. The Bertz CT molecular complexity index is 1200. The number of hydrogen-bond donors (Lipinski definition) is 5. The van der Waals surface area contributed by atoms with Gasteiger partial charge in [-0.05, 0) is 42.3 Å². The van der Waals surface area contributed by atoms with Gasteiger partial charge in [0.05, 0.1) is 16.9 Å². The highest BCUT2D eigenvalue weighted by Gasteiger charge is 2.16. The molecule has 0 radical (unpaired) electrons. The summed E-state index contributed by atoms with van der Waals surface area (Å²) in [4.78, 5) is 23.0. The number of nitrogens with zero attached hydrogens (tertiary/aromatic N) is 2. The Morgan fingerprint density at radius 3 is 2.57 bits per heavy atom. The molecule has 0 aliphatic carbocycles. The summed E-state index contributed by atoms with van der Waals surface area (Å²) in [5.74, 6) is -0.851. The highest BCUT2D eigenvalue weighted by molar-refractivity contribution is 5.96. The number of benzene rings is 2. The Morgan fingerprint density at radius 2 is 1.89 bits per heavy atom. The number of aromatic carboxylic acids is 1. The SMILES string of the molecule is Cc1c(NO)cccc1-c1nc(N)nc2[nH]c(-c3ccc(C(=O)O)cc3)cc12. The zero-order valence-corrected chi connectivity index (χ0v) is 14.9. The maximum Gasteiger partial charge on any atom is 0.335 e. The van der Waals surface area contributed by atoms with Crippen LogP contribution in [0.15, 0.2) is 48.5 Å². The van der Waals surface area contributed by atoms with Gasteiger partial charge in [0.25, 0.3) is 0 Å². The molecule has 2 aromatic heterocycles. The van der Waals surface area contributed by atoms with E-state index in [0.717, 1.165) is 27.8 Å². The van der Waals surface area contributed by atoms with Gasteiger partial charge in [-0.2, -0.15) is 4.98 Å². The summed E-state index contributed by atoms with van der Waals surface area (Å²) < 4.78 is 0. The van der Waals surface area contributed by atoms with E-state index >= 15 is 0 Å². The average molecular weight is 375 g/mol. The fourth-order valence-electron chi connectivity index (χ4n) is 3.19. The predicted octanol–water partition coefficient (Wildman–Crippen LogP) is 3.68. The molecule has 0 aliphatic heterocycles. The maximum atomic E-state index is 11.0. The number of anilines is 2. The van der Waals surface area contributed by atoms with Gasteiger partial charge < -0.3 is 15.8 Å². The lowest BCUT2D eigenvalue weighted by Gasteiger charge is -2.10. The molecule has 0 amide bonds. The van der Waals surface area contributed by atoms with E-state index in [-0.39, 0.29) is 11.5 Å². The molecule has 28 heavy (non-hydrogen) atoms. The minimum Gasteiger partial charge on any atom is -0.478 e. The highest BCUT2D eigenvalue weighted by atomic mass is 16.5. The zero-order chi connectivity index (χ0) is 19.8. The number of carboxylic acid groups (broad SMARTS) is 1. The van der Waals surface area contributed by atoms with E-state index in [9.17, 15) is 10.0 Å². The Balaban J connectivity index is 1.89. The lowest BCUT2D eigenvalue weighted by molar-refractivity contribution is 0.0697. The van der Waals surface area contributed by atoms with Crippen molar-refractivity contribution in [3.63, 3.8) is 0 Å². The van der Waals surface area contributed by atoms with Crippen LogP contribution in [0.4, 0.5) is 11.6 Å². The number of aromatic amines is 1. The second kappa shape index (κ2) is 6.67. The molecule has 2 aromatic carbocycles. The van der Waals surface area contributed by atoms with Crippen molar-refractivity contribution in [2.24, 2.45) is 0 Å². The molecule has 140 valence electrons. The van der Waals surface area contributed by atoms with Crippen LogP contribution in [0.1, 0.15) is 15.9 Å². The van der Waals surface area contributed by atoms with Crippen molar-refractivity contribution in [3.8, 4) is 22.5 Å². The van der Waals surface area contributed by atoms with Gasteiger partial charge in [0, 0.05) is 16.6 Å². The van der Waals surface area contributed by atoms with Crippen LogP contribution >= 0.6 is 0 Å². The molecule has 0 unspecified atom stereocenters. The molecule has 0 saturated heterocycles. The minimum absolute atomic E-state index is 0.124. The largest absolute Gasteiger partial charge is 0.478 e. The molecule has 0 spiro atoms. The van der Waals surface area contributed by atoms with Crippen molar-refractivity contribution < 1.29 is 15.1 Å². The fourth-order valence-corrected chi connectivity index (χ4v) is 3.19. The van der Waals surface area contributed by atoms with Crippen molar-refractivity contribution >= 4 is 28.6 Å². The number of nitrogen functional groups attached to an aromatic ring is 1. The number of aromatic nitrogens is 3. The summed E-state index contributed by atoms with van der Waals surface area (Å²) in [6.07, 6.45) is 0. The number of carbonyl (C=O) groups is 1. The van der Waals surface area contributed by atoms with E-state index in [0.29, 0.717) is 17.0 Å². The molecule has 0 aliphatic rings. The third-order valence-corrected chi connectivity index (χ3v) is 4.66. The molecule has 4 rings (SSSR count). The Morgan fingerprint density at radius 1 is 1.14 bits per heavy atom. The third kappa shape index (κ3) is 2.91. The Kier molecular flexibility index (Phi) is 4.17. The normalized spacial score (nSPS) is 10.9. The smallest absolute Gasteiger partial charge is 0.335 e.